The summed E-state index contributed by atoms with van der Waals surface area (Å²) in [5.74, 6) is -1.57. The van der Waals surface area contributed by atoms with Gasteiger partial charge in [0.15, 0.2) is 0 Å². The Bertz CT molecular complexity index is 642. The van der Waals surface area contributed by atoms with Crippen LogP contribution in [-0.2, 0) is 9.47 Å². The van der Waals surface area contributed by atoms with E-state index in [1.807, 2.05) is 0 Å². The van der Waals surface area contributed by atoms with Crippen LogP contribution in [0.5, 0.6) is 0 Å². The average Bonchev–Trinajstić information content (AvgIpc) is 3.07. The van der Waals surface area contributed by atoms with Crippen LogP contribution >= 0.6 is 0 Å². The molecule has 2 aliphatic rings. The van der Waals surface area contributed by atoms with Crippen molar-refractivity contribution in [1.82, 2.24) is 9.88 Å². The average molecular weight is 344 g/mol. The summed E-state index contributed by atoms with van der Waals surface area (Å²) in [7, 11) is 0. The molecule has 3 heterocycles. The van der Waals surface area contributed by atoms with Crippen LogP contribution in [0.15, 0.2) is 30.9 Å². The highest BCUT2D eigenvalue weighted by atomic mass is 19.4. The van der Waals surface area contributed by atoms with E-state index in [0.717, 1.165) is 4.90 Å². The topological polar surface area (TPSA) is 71.9 Å². The maximum atomic E-state index is 13.1. The van der Waals surface area contributed by atoms with E-state index in [9.17, 15) is 23.1 Å². The number of alkyl halides is 3. The predicted octanol–water partition coefficient (Wildman–Crippen LogP) is 3.59. The smallest absolute Gasteiger partial charge is 0.407 e. The lowest BCUT2D eigenvalue weighted by Crippen LogP contribution is -2.44. The van der Waals surface area contributed by atoms with Gasteiger partial charge in [0.05, 0.1) is 23.2 Å². The van der Waals surface area contributed by atoms with E-state index in [0.29, 0.717) is 5.56 Å². The highest BCUT2D eigenvalue weighted by Crippen LogP contribution is 2.43. The number of nitrogens with zero attached hydrogens (tertiary/aromatic N) is 2. The lowest BCUT2D eigenvalue weighted by atomic mass is 9.87. The van der Waals surface area contributed by atoms with Crippen LogP contribution in [-0.4, -0.2) is 33.8 Å². The molecule has 1 N–H and O–H groups in total. The summed E-state index contributed by atoms with van der Waals surface area (Å²) in [5.41, 5.74) is 0.643. The van der Waals surface area contributed by atoms with Gasteiger partial charge in [-0.15, -0.1) is 0 Å². The van der Waals surface area contributed by atoms with Crippen molar-refractivity contribution in [2.24, 2.45) is 5.92 Å². The van der Waals surface area contributed by atoms with Gasteiger partial charge in [-0.1, -0.05) is 0 Å². The Morgan fingerprint density at radius 2 is 2.04 bits per heavy atom. The fourth-order valence-electron chi connectivity index (χ4n) is 3.04. The number of carbonyl (C=O) groups is 1. The van der Waals surface area contributed by atoms with E-state index in [1.54, 1.807) is 12.1 Å². The summed E-state index contributed by atoms with van der Waals surface area (Å²) in [6, 6.07) is 2.20. The Morgan fingerprint density at radius 1 is 1.33 bits per heavy atom. The van der Waals surface area contributed by atoms with E-state index in [-0.39, 0.29) is 25.1 Å². The van der Waals surface area contributed by atoms with Crippen LogP contribution in [0.25, 0.3) is 0 Å². The molecule has 0 bridgehead atoms. The molecule has 0 saturated carbocycles. The molecule has 0 aromatic carbocycles. The fourth-order valence-corrected chi connectivity index (χ4v) is 3.04. The highest BCUT2D eigenvalue weighted by molar-refractivity contribution is 5.66. The van der Waals surface area contributed by atoms with Gasteiger partial charge in [0.1, 0.15) is 12.5 Å². The van der Waals surface area contributed by atoms with Gasteiger partial charge < -0.3 is 14.6 Å². The molecule has 1 aromatic heterocycles. The third-order valence-corrected chi connectivity index (χ3v) is 4.21. The number of rotatable bonds is 2. The molecule has 2 aliphatic heterocycles. The molecule has 1 fully saturated rings. The van der Waals surface area contributed by atoms with Crippen LogP contribution in [0, 0.1) is 5.92 Å². The molecule has 130 valence electrons. The maximum Gasteiger partial charge on any atom is 0.407 e. The van der Waals surface area contributed by atoms with Crippen LogP contribution in [0.4, 0.5) is 18.0 Å². The molecule has 3 rings (SSSR count). The molecule has 9 heteroatoms. The molecule has 0 radical (unpaired) electrons. The second-order valence-corrected chi connectivity index (χ2v) is 5.61. The first-order valence-corrected chi connectivity index (χ1v) is 7.35. The van der Waals surface area contributed by atoms with Crippen molar-refractivity contribution in [3.63, 3.8) is 0 Å². The molecule has 1 aromatic rings. The zero-order valence-corrected chi connectivity index (χ0v) is 12.4. The van der Waals surface area contributed by atoms with Gasteiger partial charge in [-0.2, -0.15) is 13.2 Å². The van der Waals surface area contributed by atoms with Crippen molar-refractivity contribution < 1.29 is 32.5 Å². The largest absolute Gasteiger partial charge is 0.465 e. The summed E-state index contributed by atoms with van der Waals surface area (Å²) >= 11 is 0. The van der Waals surface area contributed by atoms with Crippen molar-refractivity contribution >= 4 is 6.09 Å². The number of likely N-dealkylation sites (tertiary alicyclic amines) is 1. The Hall–Kier alpha value is -2.45. The Balaban J connectivity index is 1.95. The standard InChI is InChI=1S/C15H15F3N2O4/c16-15(17,18)9-3-5-20(14(21)22)11(8-9)12-10(2-1-4-19-12)13-23-6-7-24-13/h1-2,4,6-7,9,11,13H,3,5,8H2,(H,21,22). The number of ether oxygens (including phenoxy) is 2. The van der Waals surface area contributed by atoms with E-state index in [4.69, 9.17) is 9.47 Å². The van der Waals surface area contributed by atoms with Crippen LogP contribution in [0.2, 0.25) is 0 Å². The zero-order chi connectivity index (χ0) is 17.3. The first-order valence-electron chi connectivity index (χ1n) is 7.35. The van der Waals surface area contributed by atoms with E-state index in [1.165, 1.54) is 18.7 Å². The third kappa shape index (κ3) is 3.10. The van der Waals surface area contributed by atoms with Gasteiger partial charge in [-0.25, -0.2) is 4.79 Å². The maximum absolute atomic E-state index is 13.1. The van der Waals surface area contributed by atoms with Gasteiger partial charge >= 0.3 is 12.3 Å². The summed E-state index contributed by atoms with van der Waals surface area (Å²) in [4.78, 5) is 16.6. The predicted molar refractivity (Wildman–Crippen MR) is 74.5 cm³/mol. The molecule has 24 heavy (non-hydrogen) atoms. The summed E-state index contributed by atoms with van der Waals surface area (Å²) in [6.45, 7) is -0.204. The minimum absolute atomic E-state index is 0.204. The van der Waals surface area contributed by atoms with Crippen molar-refractivity contribution in [3.05, 3.63) is 42.1 Å². The molecule has 0 aliphatic carbocycles. The van der Waals surface area contributed by atoms with E-state index in [2.05, 4.69) is 4.98 Å². The molecule has 1 saturated heterocycles. The van der Waals surface area contributed by atoms with Gasteiger partial charge in [0.2, 0.25) is 0 Å². The number of carboxylic acid groups (broad SMARTS) is 1. The van der Waals surface area contributed by atoms with Gasteiger partial charge in [-0.3, -0.25) is 9.88 Å². The van der Waals surface area contributed by atoms with Crippen molar-refractivity contribution in [2.75, 3.05) is 6.54 Å². The van der Waals surface area contributed by atoms with Crippen molar-refractivity contribution in [3.8, 4) is 0 Å². The third-order valence-electron chi connectivity index (χ3n) is 4.21. The number of amides is 1. The number of halogens is 3. The van der Waals surface area contributed by atoms with Gasteiger partial charge in [-0.05, 0) is 25.0 Å². The fraction of sp³-hybridized carbons (Fsp3) is 0.467. The molecule has 1 amide bonds. The molecule has 0 spiro atoms. The number of hydrogen-bond acceptors (Lipinski definition) is 4. The lowest BCUT2D eigenvalue weighted by molar-refractivity contribution is -0.189. The minimum atomic E-state index is -4.38. The first kappa shape index (κ1) is 16.4. The summed E-state index contributed by atoms with van der Waals surface area (Å²) < 4.78 is 49.8. The Morgan fingerprint density at radius 3 is 2.67 bits per heavy atom. The Kier molecular flexibility index (Phi) is 4.25. The summed E-state index contributed by atoms with van der Waals surface area (Å²) in [5, 5.41) is 9.36. The lowest BCUT2D eigenvalue weighted by Gasteiger charge is -2.38. The molecular formula is C15H15F3N2O4. The number of pyridine rings is 1. The van der Waals surface area contributed by atoms with Crippen molar-refractivity contribution in [1.29, 1.82) is 0 Å². The quantitative estimate of drug-likeness (QED) is 0.888. The molecule has 2 atom stereocenters. The van der Waals surface area contributed by atoms with Gasteiger partial charge in [0, 0.05) is 12.7 Å². The first-order chi connectivity index (χ1) is 11.4. The summed E-state index contributed by atoms with van der Waals surface area (Å²) in [6.07, 6.45) is -3.07. The second kappa shape index (κ2) is 6.21. The highest BCUT2D eigenvalue weighted by Gasteiger charge is 2.47. The van der Waals surface area contributed by atoms with E-state index < -0.39 is 30.5 Å². The van der Waals surface area contributed by atoms with Crippen molar-refractivity contribution in [2.45, 2.75) is 31.3 Å². The molecule has 6 nitrogen and oxygen atoms in total. The number of aromatic nitrogens is 1. The normalized spacial score (nSPS) is 24.5. The SMILES string of the molecule is O=C(O)N1CCC(C(F)(F)F)CC1c1ncccc1C1OC=CO1. The minimum Gasteiger partial charge on any atom is -0.465 e. The number of hydrogen-bond donors (Lipinski definition) is 1. The second-order valence-electron chi connectivity index (χ2n) is 5.61. The van der Waals surface area contributed by atoms with Gasteiger partial charge in [0.25, 0.3) is 6.29 Å². The zero-order valence-electron chi connectivity index (χ0n) is 12.4. The Labute approximate surface area is 135 Å². The van der Waals surface area contributed by atoms with Crippen LogP contribution in [0.1, 0.15) is 36.4 Å². The molecular weight excluding hydrogens is 329 g/mol. The van der Waals surface area contributed by atoms with Crippen LogP contribution in [0.3, 0.4) is 0 Å². The monoisotopic (exact) mass is 344 g/mol. The molecule has 2 unspecified atom stereocenters. The number of piperidine rings is 1. The van der Waals surface area contributed by atoms with Crippen LogP contribution < -0.4 is 0 Å². The van der Waals surface area contributed by atoms with E-state index >= 15 is 0 Å².